The zero-order chi connectivity index (χ0) is 16.9. The molecule has 126 valence electrons. The molecule has 6 nitrogen and oxygen atoms in total. The number of rotatable bonds is 4. The number of likely N-dealkylation sites (N-methyl/N-ethyl adjacent to an activating group) is 1. The number of carbonyl (C=O) groups is 1. The number of piperazine rings is 1. The summed E-state index contributed by atoms with van der Waals surface area (Å²) < 4.78 is 0. The third kappa shape index (κ3) is 4.29. The van der Waals surface area contributed by atoms with Crippen molar-refractivity contribution in [1.29, 1.82) is 0 Å². The van der Waals surface area contributed by atoms with Gasteiger partial charge < -0.3 is 10.2 Å². The van der Waals surface area contributed by atoms with Crippen LogP contribution < -0.4 is 5.32 Å². The maximum absolute atomic E-state index is 12.3. The predicted molar refractivity (Wildman–Crippen MR) is 94.2 cm³/mol. The first-order valence-electron chi connectivity index (χ1n) is 7.90. The molecule has 1 fully saturated rings. The van der Waals surface area contributed by atoms with Gasteiger partial charge in [-0.15, -0.1) is 0 Å². The van der Waals surface area contributed by atoms with Crippen LogP contribution in [0.25, 0.3) is 0 Å². The van der Waals surface area contributed by atoms with Crippen LogP contribution in [-0.2, 0) is 6.54 Å². The molecule has 2 aromatic heterocycles. The number of pyridine rings is 2. The van der Waals surface area contributed by atoms with Gasteiger partial charge in [0.1, 0.15) is 11.5 Å². The Kier molecular flexibility index (Phi) is 5.40. The van der Waals surface area contributed by atoms with Gasteiger partial charge >= 0.3 is 0 Å². The normalized spacial score (nSPS) is 16.1. The lowest BCUT2D eigenvalue weighted by atomic mass is 10.2. The van der Waals surface area contributed by atoms with Crippen LogP contribution in [0, 0.1) is 0 Å². The molecule has 1 aliphatic rings. The minimum atomic E-state index is -0.357. The lowest BCUT2D eigenvalue weighted by molar-refractivity contribution is 0.102. The molecule has 1 amide bonds. The second-order valence-corrected chi connectivity index (χ2v) is 6.29. The summed E-state index contributed by atoms with van der Waals surface area (Å²) in [5.74, 6) is 0.151. The second kappa shape index (κ2) is 7.70. The Hall–Kier alpha value is -2.02. The van der Waals surface area contributed by atoms with Crippen molar-refractivity contribution in [1.82, 2.24) is 19.8 Å². The monoisotopic (exact) mass is 345 g/mol. The van der Waals surface area contributed by atoms with Gasteiger partial charge in [0.05, 0.1) is 10.7 Å². The second-order valence-electron chi connectivity index (χ2n) is 5.88. The first-order chi connectivity index (χ1) is 11.6. The fourth-order valence-corrected chi connectivity index (χ4v) is 2.81. The molecule has 0 aliphatic carbocycles. The highest BCUT2D eigenvalue weighted by atomic mass is 35.5. The van der Waals surface area contributed by atoms with Gasteiger partial charge in [-0.25, -0.2) is 9.97 Å². The topological polar surface area (TPSA) is 61.4 Å². The number of anilines is 1. The average Bonchev–Trinajstić information content (AvgIpc) is 2.58. The Balaban J connectivity index is 1.65. The van der Waals surface area contributed by atoms with Crippen molar-refractivity contribution < 1.29 is 4.79 Å². The van der Waals surface area contributed by atoms with Crippen molar-refractivity contribution in [3.63, 3.8) is 0 Å². The van der Waals surface area contributed by atoms with Gasteiger partial charge in [-0.05, 0) is 31.3 Å². The highest BCUT2D eigenvalue weighted by Crippen LogP contribution is 2.15. The Bertz CT molecular complexity index is 716. The summed E-state index contributed by atoms with van der Waals surface area (Å²) in [6, 6.07) is 8.97. The summed E-state index contributed by atoms with van der Waals surface area (Å²) in [4.78, 5) is 25.5. The van der Waals surface area contributed by atoms with Crippen molar-refractivity contribution in [2.75, 3.05) is 38.5 Å². The zero-order valence-corrected chi connectivity index (χ0v) is 14.3. The van der Waals surface area contributed by atoms with E-state index in [1.807, 2.05) is 12.1 Å². The summed E-state index contributed by atoms with van der Waals surface area (Å²) in [5, 5.41) is 3.08. The molecule has 3 rings (SSSR count). The average molecular weight is 346 g/mol. The number of carbonyl (C=O) groups excluding carboxylic acids is 1. The molecule has 0 saturated carbocycles. The van der Waals surface area contributed by atoms with E-state index in [-0.39, 0.29) is 11.6 Å². The van der Waals surface area contributed by atoms with Gasteiger partial charge in [0.25, 0.3) is 5.91 Å². The molecule has 1 N–H and O–H groups in total. The predicted octanol–water partition coefficient (Wildman–Crippen LogP) is 2.13. The van der Waals surface area contributed by atoms with Crippen molar-refractivity contribution in [3.8, 4) is 0 Å². The summed E-state index contributed by atoms with van der Waals surface area (Å²) >= 11 is 6.00. The van der Waals surface area contributed by atoms with Crippen LogP contribution in [0.3, 0.4) is 0 Å². The fourth-order valence-electron chi connectivity index (χ4n) is 2.60. The van der Waals surface area contributed by atoms with E-state index in [9.17, 15) is 4.79 Å². The number of halogens is 1. The van der Waals surface area contributed by atoms with Gasteiger partial charge in [-0.1, -0.05) is 17.7 Å². The van der Waals surface area contributed by atoms with Crippen LogP contribution in [0.2, 0.25) is 5.02 Å². The number of hydrogen-bond donors (Lipinski definition) is 1. The Labute approximate surface area is 146 Å². The maximum atomic E-state index is 12.3. The van der Waals surface area contributed by atoms with Crippen LogP contribution in [0.4, 0.5) is 5.82 Å². The largest absolute Gasteiger partial charge is 0.305 e. The van der Waals surface area contributed by atoms with Gasteiger partial charge in [0.15, 0.2) is 0 Å². The first kappa shape index (κ1) is 16.8. The van der Waals surface area contributed by atoms with E-state index in [0.29, 0.717) is 10.8 Å². The molecule has 0 spiro atoms. The van der Waals surface area contributed by atoms with Gasteiger partial charge in [0, 0.05) is 38.9 Å². The summed E-state index contributed by atoms with van der Waals surface area (Å²) in [6.45, 7) is 4.96. The van der Waals surface area contributed by atoms with E-state index in [2.05, 4.69) is 32.1 Å². The van der Waals surface area contributed by atoms with E-state index >= 15 is 0 Å². The number of amides is 1. The summed E-state index contributed by atoms with van der Waals surface area (Å²) in [6.07, 6.45) is 1.54. The molecule has 24 heavy (non-hydrogen) atoms. The Morgan fingerprint density at radius 2 is 2.00 bits per heavy atom. The van der Waals surface area contributed by atoms with Gasteiger partial charge in [0.2, 0.25) is 0 Å². The van der Waals surface area contributed by atoms with E-state index in [4.69, 9.17) is 11.6 Å². The molecule has 2 aromatic rings. The molecule has 3 heterocycles. The SMILES string of the molecule is CN1CCN(Cc2cccc(NC(=O)c3ncccc3Cl)n2)CC1. The number of hydrogen-bond acceptors (Lipinski definition) is 5. The van der Waals surface area contributed by atoms with Gasteiger partial charge in [-0.3, -0.25) is 9.69 Å². The Morgan fingerprint density at radius 3 is 2.75 bits per heavy atom. The molecule has 7 heteroatoms. The number of nitrogens with zero attached hydrogens (tertiary/aromatic N) is 4. The summed E-state index contributed by atoms with van der Waals surface area (Å²) in [7, 11) is 2.13. The van der Waals surface area contributed by atoms with E-state index < -0.39 is 0 Å². The third-order valence-corrected chi connectivity index (χ3v) is 4.31. The minimum absolute atomic E-state index is 0.199. The van der Waals surface area contributed by atoms with E-state index in [1.165, 1.54) is 6.20 Å². The van der Waals surface area contributed by atoms with Crippen molar-refractivity contribution >= 4 is 23.3 Å². The Morgan fingerprint density at radius 1 is 1.21 bits per heavy atom. The summed E-state index contributed by atoms with van der Waals surface area (Å²) in [5.41, 5.74) is 1.13. The first-order valence-corrected chi connectivity index (χ1v) is 8.28. The van der Waals surface area contributed by atoms with Crippen LogP contribution in [-0.4, -0.2) is 58.9 Å². The molecule has 0 radical (unpaired) electrons. The van der Waals surface area contributed by atoms with E-state index in [0.717, 1.165) is 38.4 Å². The minimum Gasteiger partial charge on any atom is -0.305 e. The molecule has 1 aliphatic heterocycles. The molecule has 0 aromatic carbocycles. The number of aromatic nitrogens is 2. The van der Waals surface area contributed by atoms with Gasteiger partial charge in [-0.2, -0.15) is 0 Å². The third-order valence-electron chi connectivity index (χ3n) is 4.00. The molecule has 0 unspecified atom stereocenters. The fraction of sp³-hybridized carbons (Fsp3) is 0.353. The lowest BCUT2D eigenvalue weighted by Gasteiger charge is -2.32. The quantitative estimate of drug-likeness (QED) is 0.919. The van der Waals surface area contributed by atoms with Crippen LogP contribution in [0.1, 0.15) is 16.2 Å². The van der Waals surface area contributed by atoms with Crippen LogP contribution in [0.5, 0.6) is 0 Å². The van der Waals surface area contributed by atoms with Crippen molar-refractivity contribution in [2.24, 2.45) is 0 Å². The van der Waals surface area contributed by atoms with Crippen molar-refractivity contribution in [2.45, 2.75) is 6.54 Å². The molecule has 0 bridgehead atoms. The van der Waals surface area contributed by atoms with Crippen LogP contribution >= 0.6 is 11.6 Å². The zero-order valence-electron chi connectivity index (χ0n) is 13.6. The highest BCUT2D eigenvalue weighted by molar-refractivity contribution is 6.34. The maximum Gasteiger partial charge on any atom is 0.276 e. The molecular weight excluding hydrogens is 326 g/mol. The molecular formula is C17H20ClN5O. The standard InChI is InChI=1S/C17H20ClN5O/c1-22-8-10-23(11-9-22)12-13-4-2-6-15(20-13)21-17(24)16-14(18)5-3-7-19-16/h2-7H,8-12H2,1H3,(H,20,21,24). The lowest BCUT2D eigenvalue weighted by Crippen LogP contribution is -2.44. The van der Waals surface area contributed by atoms with Crippen molar-refractivity contribution in [3.05, 3.63) is 52.9 Å². The van der Waals surface area contributed by atoms with E-state index in [1.54, 1.807) is 18.2 Å². The molecule has 0 atom stereocenters. The smallest absolute Gasteiger partial charge is 0.276 e. The van der Waals surface area contributed by atoms with Crippen LogP contribution in [0.15, 0.2) is 36.5 Å². The number of nitrogens with one attached hydrogen (secondary N) is 1. The highest BCUT2D eigenvalue weighted by Gasteiger charge is 2.15. The molecule has 1 saturated heterocycles.